The summed E-state index contributed by atoms with van der Waals surface area (Å²) in [5, 5.41) is 4.06. The van der Waals surface area contributed by atoms with Crippen molar-refractivity contribution in [3.05, 3.63) is 0 Å². The van der Waals surface area contributed by atoms with Crippen molar-refractivity contribution in [2.45, 2.75) is 26.2 Å². The Balaban J connectivity index is 2.89. The number of rotatable bonds is 4. The number of alkyl halides is 1. The summed E-state index contributed by atoms with van der Waals surface area (Å²) in [6.45, 7) is 1.07. The third-order valence-electron chi connectivity index (χ3n) is 2.66. The minimum Gasteiger partial charge on any atom is -0.277 e. The highest BCUT2D eigenvalue weighted by Crippen LogP contribution is 2.30. The van der Waals surface area contributed by atoms with Gasteiger partial charge in [-0.3, -0.25) is 24.6 Å². The number of halogens is 1. The Morgan fingerprint density at radius 2 is 1.73 bits per heavy atom. The van der Waals surface area contributed by atoms with Crippen LogP contribution in [0.1, 0.15) is 26.2 Å². The molecule has 0 atom stereocenters. The van der Waals surface area contributed by atoms with Gasteiger partial charge in [-0.05, 0) is 19.3 Å². The zero-order valence-corrected chi connectivity index (χ0v) is 8.43. The Bertz CT molecular complexity index is 284. The SMILES string of the molecule is CCC1(CCCF)C(=O)NC(=O)NC1=O. The van der Waals surface area contributed by atoms with Gasteiger partial charge < -0.3 is 0 Å². The summed E-state index contributed by atoms with van der Waals surface area (Å²) < 4.78 is 12.1. The van der Waals surface area contributed by atoms with Gasteiger partial charge in [0, 0.05) is 0 Å². The lowest BCUT2D eigenvalue weighted by Crippen LogP contribution is -2.62. The number of urea groups is 1. The average molecular weight is 216 g/mol. The van der Waals surface area contributed by atoms with Gasteiger partial charge in [0.2, 0.25) is 11.8 Å². The standard InChI is InChI=1S/C9H13FN2O3/c1-2-9(4-3-5-10)6(13)11-8(15)12-7(9)14/h2-5H2,1H3,(H2,11,12,13,14,15). The van der Waals surface area contributed by atoms with Gasteiger partial charge in [-0.1, -0.05) is 6.92 Å². The molecule has 0 aromatic heterocycles. The molecular weight excluding hydrogens is 203 g/mol. The quantitative estimate of drug-likeness (QED) is 0.672. The molecule has 1 fully saturated rings. The van der Waals surface area contributed by atoms with Gasteiger partial charge in [0.15, 0.2) is 0 Å². The molecule has 0 aromatic carbocycles. The Hall–Kier alpha value is -1.46. The number of barbiturate groups is 1. The number of carbonyl (C=O) groups is 3. The van der Waals surface area contributed by atoms with Crippen molar-refractivity contribution in [3.8, 4) is 0 Å². The van der Waals surface area contributed by atoms with E-state index in [9.17, 15) is 18.8 Å². The second-order valence-corrected chi connectivity index (χ2v) is 3.47. The van der Waals surface area contributed by atoms with E-state index >= 15 is 0 Å². The maximum Gasteiger partial charge on any atom is 0.328 e. The largest absolute Gasteiger partial charge is 0.328 e. The van der Waals surface area contributed by atoms with E-state index in [0.717, 1.165) is 0 Å². The Morgan fingerprint density at radius 1 is 1.20 bits per heavy atom. The van der Waals surface area contributed by atoms with Crippen LogP contribution in [0.2, 0.25) is 0 Å². The molecule has 6 heteroatoms. The number of hydrogen-bond acceptors (Lipinski definition) is 3. The van der Waals surface area contributed by atoms with E-state index in [4.69, 9.17) is 0 Å². The van der Waals surface area contributed by atoms with E-state index in [0.29, 0.717) is 0 Å². The molecule has 4 amide bonds. The summed E-state index contributed by atoms with van der Waals surface area (Å²) in [5.41, 5.74) is -1.29. The normalized spacial score (nSPS) is 19.7. The lowest BCUT2D eigenvalue weighted by molar-refractivity contribution is -0.145. The maximum atomic E-state index is 12.1. The molecular formula is C9H13FN2O3. The van der Waals surface area contributed by atoms with Crippen molar-refractivity contribution in [3.63, 3.8) is 0 Å². The first-order valence-corrected chi connectivity index (χ1v) is 4.79. The first-order chi connectivity index (χ1) is 7.06. The predicted octanol–water partition coefficient (Wildman–Crippen LogP) is 0.499. The number of nitrogens with one attached hydrogen (secondary N) is 2. The fraction of sp³-hybridized carbons (Fsp3) is 0.667. The van der Waals surface area contributed by atoms with Crippen LogP contribution in [0, 0.1) is 5.41 Å². The van der Waals surface area contributed by atoms with Crippen molar-refractivity contribution in [1.29, 1.82) is 0 Å². The molecule has 5 nitrogen and oxygen atoms in total. The molecule has 0 bridgehead atoms. The Kier molecular flexibility index (Phi) is 3.39. The van der Waals surface area contributed by atoms with E-state index < -0.39 is 29.9 Å². The summed E-state index contributed by atoms with van der Waals surface area (Å²) >= 11 is 0. The summed E-state index contributed by atoms with van der Waals surface area (Å²) in [7, 11) is 0. The van der Waals surface area contributed by atoms with Crippen LogP contribution in [0.5, 0.6) is 0 Å². The molecule has 0 spiro atoms. The zero-order valence-electron chi connectivity index (χ0n) is 8.43. The smallest absolute Gasteiger partial charge is 0.277 e. The second kappa shape index (κ2) is 4.37. The highest BCUT2D eigenvalue weighted by Gasteiger charge is 2.48. The molecule has 0 radical (unpaired) electrons. The number of amides is 4. The van der Waals surface area contributed by atoms with E-state index in [1.807, 2.05) is 10.6 Å². The van der Waals surface area contributed by atoms with Gasteiger partial charge in [0.05, 0.1) is 6.67 Å². The molecule has 1 heterocycles. The average Bonchev–Trinajstić information content (AvgIpc) is 2.17. The lowest BCUT2D eigenvalue weighted by Gasteiger charge is -2.32. The number of imide groups is 2. The summed E-state index contributed by atoms with van der Waals surface area (Å²) in [4.78, 5) is 33.9. The van der Waals surface area contributed by atoms with Gasteiger partial charge in [0.1, 0.15) is 5.41 Å². The van der Waals surface area contributed by atoms with Gasteiger partial charge in [-0.15, -0.1) is 0 Å². The van der Waals surface area contributed by atoms with Crippen molar-refractivity contribution >= 4 is 17.8 Å². The third-order valence-corrected chi connectivity index (χ3v) is 2.66. The summed E-state index contributed by atoms with van der Waals surface area (Å²) in [6.07, 6.45) is 0.492. The zero-order chi connectivity index (χ0) is 11.5. The van der Waals surface area contributed by atoms with Crippen LogP contribution in [0.15, 0.2) is 0 Å². The van der Waals surface area contributed by atoms with E-state index in [1.54, 1.807) is 6.92 Å². The first kappa shape index (κ1) is 11.6. The molecule has 0 aromatic rings. The van der Waals surface area contributed by atoms with Crippen LogP contribution in [-0.2, 0) is 9.59 Å². The monoisotopic (exact) mass is 216 g/mol. The van der Waals surface area contributed by atoms with Crippen molar-refractivity contribution in [2.24, 2.45) is 5.41 Å². The second-order valence-electron chi connectivity index (χ2n) is 3.47. The molecule has 1 aliphatic rings. The summed E-state index contributed by atoms with van der Waals surface area (Å²) in [5.74, 6) is -1.26. The van der Waals surface area contributed by atoms with E-state index in [1.165, 1.54) is 0 Å². The first-order valence-electron chi connectivity index (χ1n) is 4.79. The molecule has 2 N–H and O–H groups in total. The highest BCUT2D eigenvalue weighted by molar-refractivity contribution is 6.19. The predicted molar refractivity (Wildman–Crippen MR) is 49.6 cm³/mol. The molecule has 0 aliphatic carbocycles. The summed E-state index contributed by atoms with van der Waals surface area (Å²) in [6, 6.07) is -0.811. The minimum absolute atomic E-state index is 0.116. The van der Waals surface area contributed by atoms with Crippen LogP contribution in [-0.4, -0.2) is 24.5 Å². The molecule has 0 unspecified atom stereocenters. The minimum atomic E-state index is -1.29. The molecule has 1 aliphatic heterocycles. The van der Waals surface area contributed by atoms with E-state index in [-0.39, 0.29) is 19.3 Å². The fourth-order valence-electron chi connectivity index (χ4n) is 1.67. The molecule has 1 saturated heterocycles. The molecule has 1 rings (SSSR count). The van der Waals surface area contributed by atoms with Gasteiger partial charge in [-0.2, -0.15) is 0 Å². The van der Waals surface area contributed by atoms with Gasteiger partial charge in [-0.25, -0.2) is 4.79 Å². The van der Waals surface area contributed by atoms with Crippen molar-refractivity contribution < 1.29 is 18.8 Å². The van der Waals surface area contributed by atoms with E-state index in [2.05, 4.69) is 0 Å². The van der Waals surface area contributed by atoms with Crippen LogP contribution in [0.4, 0.5) is 9.18 Å². The molecule has 15 heavy (non-hydrogen) atoms. The fourth-order valence-corrected chi connectivity index (χ4v) is 1.67. The third kappa shape index (κ3) is 1.98. The topological polar surface area (TPSA) is 75.3 Å². The van der Waals surface area contributed by atoms with Gasteiger partial charge >= 0.3 is 6.03 Å². The van der Waals surface area contributed by atoms with Crippen LogP contribution < -0.4 is 10.6 Å². The number of hydrogen-bond donors (Lipinski definition) is 2. The van der Waals surface area contributed by atoms with Crippen LogP contribution in [0.3, 0.4) is 0 Å². The Labute approximate surface area is 86.4 Å². The van der Waals surface area contributed by atoms with Gasteiger partial charge in [0.25, 0.3) is 0 Å². The number of carbonyl (C=O) groups excluding carboxylic acids is 3. The van der Waals surface area contributed by atoms with Crippen molar-refractivity contribution in [2.75, 3.05) is 6.67 Å². The molecule has 84 valence electrons. The van der Waals surface area contributed by atoms with Crippen LogP contribution in [0.25, 0.3) is 0 Å². The van der Waals surface area contributed by atoms with Crippen molar-refractivity contribution in [1.82, 2.24) is 10.6 Å². The highest BCUT2D eigenvalue weighted by atomic mass is 19.1. The van der Waals surface area contributed by atoms with Crippen LogP contribution >= 0.6 is 0 Å². The Morgan fingerprint density at radius 3 is 2.13 bits per heavy atom. The lowest BCUT2D eigenvalue weighted by atomic mass is 9.78. The maximum absolute atomic E-state index is 12.1. The molecule has 0 saturated carbocycles.